The maximum absolute atomic E-state index is 12.7. The van der Waals surface area contributed by atoms with E-state index >= 15 is 0 Å². The Balaban J connectivity index is 1.57. The minimum absolute atomic E-state index is 0.136. The number of hydrogen-bond acceptors (Lipinski definition) is 3. The number of nitrogens with one attached hydrogen (secondary N) is 1. The minimum Gasteiger partial charge on any atom is -0.324 e. The smallest absolute Gasteiger partial charge is 0.255 e. The molecular weight excluding hydrogens is 342 g/mol. The molecule has 2 aromatic carbocycles. The zero-order valence-corrected chi connectivity index (χ0v) is 15.0. The van der Waals surface area contributed by atoms with Gasteiger partial charge in [0, 0.05) is 34.6 Å². The maximum atomic E-state index is 12.7. The molecule has 0 saturated heterocycles. The fourth-order valence-corrected chi connectivity index (χ4v) is 3.40. The summed E-state index contributed by atoms with van der Waals surface area (Å²) in [4.78, 5) is 17.2. The van der Waals surface area contributed by atoms with Crippen LogP contribution in [0.3, 0.4) is 0 Å². The molecule has 2 aromatic heterocycles. The molecule has 0 radical (unpaired) electrons. The predicted molar refractivity (Wildman–Crippen MR) is 106 cm³/mol. The summed E-state index contributed by atoms with van der Waals surface area (Å²) in [5, 5.41) is 6.02. The zero-order valence-electron chi connectivity index (χ0n) is 14.2. The Morgan fingerprint density at radius 2 is 1.73 bits per heavy atom. The van der Waals surface area contributed by atoms with Gasteiger partial charge in [-0.1, -0.05) is 18.2 Å². The van der Waals surface area contributed by atoms with Gasteiger partial charge in [-0.15, -0.1) is 11.3 Å². The third-order valence-electron chi connectivity index (χ3n) is 4.10. The molecule has 0 atom stereocenters. The quantitative estimate of drug-likeness (QED) is 0.547. The number of carbonyl (C=O) groups excluding carboxylic acids is 1. The summed E-state index contributed by atoms with van der Waals surface area (Å²) in [7, 11) is 0. The highest BCUT2D eigenvalue weighted by molar-refractivity contribution is 7.09. The number of nitrogens with zero attached hydrogens (tertiary/aromatic N) is 2. The molecule has 0 spiro atoms. The molecule has 0 aliphatic heterocycles. The first-order valence-electron chi connectivity index (χ1n) is 8.27. The largest absolute Gasteiger partial charge is 0.324 e. The summed E-state index contributed by atoms with van der Waals surface area (Å²) in [5.41, 5.74) is 4.20. The molecule has 4 nitrogen and oxygen atoms in total. The Bertz CT molecular complexity index is 1030. The van der Waals surface area contributed by atoms with Crippen molar-refractivity contribution in [3.05, 3.63) is 89.0 Å². The van der Waals surface area contributed by atoms with E-state index in [2.05, 4.69) is 10.3 Å². The third kappa shape index (κ3) is 3.30. The monoisotopic (exact) mass is 359 g/mol. The van der Waals surface area contributed by atoms with Crippen LogP contribution in [0.5, 0.6) is 0 Å². The topological polar surface area (TPSA) is 46.9 Å². The Kier molecular flexibility index (Phi) is 4.37. The van der Waals surface area contributed by atoms with Gasteiger partial charge < -0.3 is 9.88 Å². The van der Waals surface area contributed by atoms with Gasteiger partial charge in [-0.25, -0.2) is 4.98 Å². The number of aryl methyl sites for hydroxylation is 1. The minimum atomic E-state index is -0.136. The molecule has 0 unspecified atom stereocenters. The number of aromatic nitrogens is 2. The average molecular weight is 359 g/mol. The highest BCUT2D eigenvalue weighted by Crippen LogP contribution is 2.29. The fourth-order valence-electron chi connectivity index (χ4n) is 2.79. The molecule has 0 fully saturated rings. The van der Waals surface area contributed by atoms with Crippen molar-refractivity contribution in [1.82, 2.24) is 9.55 Å². The van der Waals surface area contributed by atoms with Crippen molar-refractivity contribution in [3.63, 3.8) is 0 Å². The Hall–Kier alpha value is -3.18. The van der Waals surface area contributed by atoms with Crippen LogP contribution in [-0.2, 0) is 0 Å². The molecule has 2 heterocycles. The lowest BCUT2D eigenvalue weighted by Crippen LogP contribution is -2.12. The van der Waals surface area contributed by atoms with Gasteiger partial charge in [0.1, 0.15) is 0 Å². The van der Waals surface area contributed by atoms with Crippen LogP contribution in [0.2, 0.25) is 0 Å². The van der Waals surface area contributed by atoms with Crippen LogP contribution in [0.1, 0.15) is 15.4 Å². The van der Waals surface area contributed by atoms with Gasteiger partial charge in [-0.2, -0.15) is 0 Å². The summed E-state index contributed by atoms with van der Waals surface area (Å²) in [6.07, 6.45) is 3.95. The normalized spacial score (nSPS) is 10.7. The number of rotatable bonds is 4. The lowest BCUT2D eigenvalue weighted by molar-refractivity contribution is 0.102. The van der Waals surface area contributed by atoms with Gasteiger partial charge in [0.05, 0.1) is 16.4 Å². The van der Waals surface area contributed by atoms with E-state index in [0.29, 0.717) is 5.56 Å². The second-order valence-corrected chi connectivity index (χ2v) is 6.95. The number of amides is 1. The number of para-hydroxylation sites is 1. The van der Waals surface area contributed by atoms with Crippen LogP contribution in [0.15, 0.2) is 78.4 Å². The molecule has 26 heavy (non-hydrogen) atoms. The van der Waals surface area contributed by atoms with Crippen molar-refractivity contribution in [3.8, 4) is 16.9 Å². The van der Waals surface area contributed by atoms with E-state index in [9.17, 15) is 4.79 Å². The summed E-state index contributed by atoms with van der Waals surface area (Å²) < 4.78 is 2.00. The van der Waals surface area contributed by atoms with E-state index in [-0.39, 0.29) is 5.91 Å². The molecule has 4 aromatic rings. The lowest BCUT2D eigenvalue weighted by atomic mass is 10.1. The van der Waals surface area contributed by atoms with Crippen molar-refractivity contribution >= 4 is 22.9 Å². The molecule has 1 amide bonds. The summed E-state index contributed by atoms with van der Waals surface area (Å²) in [6.45, 7) is 1.97. The van der Waals surface area contributed by atoms with Gasteiger partial charge in [-0.05, 0) is 49.4 Å². The van der Waals surface area contributed by atoms with Crippen molar-refractivity contribution in [2.45, 2.75) is 6.92 Å². The fraction of sp³-hybridized carbons (Fsp3) is 0.0476. The second kappa shape index (κ2) is 6.98. The number of carbonyl (C=O) groups is 1. The van der Waals surface area contributed by atoms with Crippen LogP contribution in [0.25, 0.3) is 16.9 Å². The van der Waals surface area contributed by atoms with Crippen LogP contribution >= 0.6 is 11.3 Å². The van der Waals surface area contributed by atoms with E-state index in [0.717, 1.165) is 27.6 Å². The van der Waals surface area contributed by atoms with Crippen LogP contribution in [0, 0.1) is 6.92 Å². The number of anilines is 1. The molecule has 0 aliphatic rings. The molecule has 5 heteroatoms. The van der Waals surface area contributed by atoms with Gasteiger partial charge in [0.15, 0.2) is 0 Å². The van der Waals surface area contributed by atoms with E-state index < -0.39 is 0 Å². The van der Waals surface area contributed by atoms with E-state index in [1.807, 2.05) is 89.9 Å². The lowest BCUT2D eigenvalue weighted by Gasteiger charge is -2.10. The van der Waals surface area contributed by atoms with Gasteiger partial charge in [0.25, 0.3) is 5.91 Å². The number of thiazole rings is 1. The van der Waals surface area contributed by atoms with E-state index in [1.54, 1.807) is 11.3 Å². The predicted octanol–water partition coefficient (Wildman–Crippen LogP) is 5.16. The molecule has 0 bridgehead atoms. The van der Waals surface area contributed by atoms with Crippen molar-refractivity contribution in [2.75, 3.05) is 5.32 Å². The molecular formula is C21H17N3OS. The molecule has 0 aliphatic carbocycles. The van der Waals surface area contributed by atoms with Crippen molar-refractivity contribution in [2.24, 2.45) is 0 Å². The highest BCUT2D eigenvalue weighted by Gasteiger charge is 2.12. The first-order chi connectivity index (χ1) is 12.7. The van der Waals surface area contributed by atoms with E-state index in [4.69, 9.17) is 0 Å². The van der Waals surface area contributed by atoms with Gasteiger partial charge in [0.2, 0.25) is 0 Å². The van der Waals surface area contributed by atoms with Crippen molar-refractivity contribution in [1.29, 1.82) is 0 Å². The van der Waals surface area contributed by atoms with Crippen LogP contribution in [-0.4, -0.2) is 15.5 Å². The Labute approximate surface area is 155 Å². The van der Waals surface area contributed by atoms with Crippen molar-refractivity contribution < 1.29 is 4.79 Å². The highest BCUT2D eigenvalue weighted by atomic mass is 32.1. The Morgan fingerprint density at radius 3 is 2.42 bits per heavy atom. The van der Waals surface area contributed by atoms with Gasteiger partial charge >= 0.3 is 0 Å². The molecule has 128 valence electrons. The van der Waals surface area contributed by atoms with Gasteiger partial charge in [-0.3, -0.25) is 4.79 Å². The summed E-state index contributed by atoms with van der Waals surface area (Å²) >= 11 is 1.60. The number of benzene rings is 2. The first-order valence-corrected chi connectivity index (χ1v) is 9.15. The van der Waals surface area contributed by atoms with E-state index in [1.165, 1.54) is 0 Å². The summed E-state index contributed by atoms with van der Waals surface area (Å²) in [6, 6.07) is 19.2. The third-order valence-corrected chi connectivity index (χ3v) is 4.88. The summed E-state index contributed by atoms with van der Waals surface area (Å²) in [5.74, 6) is -0.136. The Morgan fingerprint density at radius 1 is 1.00 bits per heavy atom. The standard InChI is InChI=1S/C21H17N3OS/c1-15-22-20(14-26-15)18-6-2-3-7-19(18)23-21(25)16-8-10-17(11-9-16)24-12-4-5-13-24/h2-14H,1H3,(H,23,25). The average Bonchev–Trinajstić information content (AvgIpc) is 3.34. The molecule has 4 rings (SSSR count). The number of hydrogen-bond donors (Lipinski definition) is 1. The maximum Gasteiger partial charge on any atom is 0.255 e. The molecule has 1 N–H and O–H groups in total. The first kappa shape index (κ1) is 16.3. The zero-order chi connectivity index (χ0) is 17.9. The SMILES string of the molecule is Cc1nc(-c2ccccc2NC(=O)c2ccc(-n3cccc3)cc2)cs1. The van der Waals surface area contributed by atoms with Crippen LogP contribution in [0.4, 0.5) is 5.69 Å². The second-order valence-electron chi connectivity index (χ2n) is 5.89. The molecule has 0 saturated carbocycles. The van der Waals surface area contributed by atoms with Crippen LogP contribution < -0.4 is 5.32 Å².